The summed E-state index contributed by atoms with van der Waals surface area (Å²) in [4.78, 5) is 41.2. The first kappa shape index (κ1) is 26.9. The van der Waals surface area contributed by atoms with Crippen LogP contribution >= 0.6 is 11.3 Å². The van der Waals surface area contributed by atoms with Gasteiger partial charge in [-0.3, -0.25) is 19.0 Å². The van der Waals surface area contributed by atoms with Gasteiger partial charge in [0.1, 0.15) is 11.2 Å². The molecule has 0 spiro atoms. The molecule has 190 valence electrons. The number of anilines is 1. The van der Waals surface area contributed by atoms with Crippen molar-refractivity contribution >= 4 is 40.9 Å². The molecule has 7 heteroatoms. The van der Waals surface area contributed by atoms with Gasteiger partial charge in [-0.15, -0.1) is 11.3 Å². The van der Waals surface area contributed by atoms with Crippen LogP contribution in [0.4, 0.5) is 5.69 Å². The van der Waals surface area contributed by atoms with E-state index in [4.69, 9.17) is 0 Å². The topological polar surface area (TPSA) is 71.4 Å². The number of amides is 1. The lowest BCUT2D eigenvalue weighted by Gasteiger charge is -2.34. The Hall–Kier alpha value is -2.67. The molecule has 1 aromatic carbocycles. The SMILES string of the molecule is C[C@@H]1[C@H](C)CCC[C@@H]1NC(=O)Cn1c(=O)/c(=C\c2ccc(N(C)C)cc2)s/c1=C\C(=O)C(C)(C)C. The fourth-order valence-electron chi connectivity index (χ4n) is 4.32. The van der Waals surface area contributed by atoms with Crippen LogP contribution in [0, 0.1) is 17.3 Å². The Bertz CT molecular complexity index is 1230. The number of ketones is 1. The standard InChI is InChI=1S/C28H39N3O3S/c1-18-9-8-10-22(19(18)2)29-25(33)17-31-26(16-24(32)28(3,4)5)35-23(27(31)34)15-20-11-13-21(14-12-20)30(6)7/h11-16,18-19,22H,8-10,17H2,1-7H3,(H,29,33)/b23-15+,26-16-/t18-,19-,22+/m1/s1. The average molecular weight is 498 g/mol. The number of carbonyl (C=O) groups is 2. The monoisotopic (exact) mass is 497 g/mol. The largest absolute Gasteiger partial charge is 0.378 e. The summed E-state index contributed by atoms with van der Waals surface area (Å²) in [7, 11) is 3.95. The van der Waals surface area contributed by atoms with Crippen LogP contribution in [0.2, 0.25) is 0 Å². The molecule has 3 rings (SSSR count). The third kappa shape index (κ3) is 6.72. The second kappa shape index (κ2) is 10.9. The Morgan fingerprint density at radius 2 is 1.80 bits per heavy atom. The van der Waals surface area contributed by atoms with E-state index in [1.807, 2.05) is 70.1 Å². The van der Waals surface area contributed by atoms with E-state index in [9.17, 15) is 14.4 Å². The lowest BCUT2D eigenvalue weighted by atomic mass is 9.78. The number of carbonyl (C=O) groups excluding carboxylic acids is 2. The molecule has 3 atom stereocenters. The molecule has 1 amide bonds. The molecule has 1 aliphatic rings. The molecular formula is C28H39N3O3S. The van der Waals surface area contributed by atoms with Crippen LogP contribution in [0.25, 0.3) is 12.2 Å². The van der Waals surface area contributed by atoms with Crippen LogP contribution in [-0.4, -0.2) is 36.4 Å². The fourth-order valence-corrected chi connectivity index (χ4v) is 5.36. The van der Waals surface area contributed by atoms with E-state index in [1.165, 1.54) is 28.4 Å². The summed E-state index contributed by atoms with van der Waals surface area (Å²) < 4.78 is 2.45. The van der Waals surface area contributed by atoms with Crippen molar-refractivity contribution in [2.75, 3.05) is 19.0 Å². The highest BCUT2D eigenvalue weighted by Gasteiger charge is 2.28. The van der Waals surface area contributed by atoms with Gasteiger partial charge in [-0.25, -0.2) is 0 Å². The zero-order valence-electron chi connectivity index (χ0n) is 22.1. The minimum atomic E-state index is -0.577. The Balaban J connectivity index is 1.98. The van der Waals surface area contributed by atoms with Gasteiger partial charge in [-0.1, -0.05) is 59.6 Å². The van der Waals surface area contributed by atoms with E-state index >= 15 is 0 Å². The van der Waals surface area contributed by atoms with Gasteiger partial charge in [-0.2, -0.15) is 0 Å². The predicted octanol–water partition coefficient (Wildman–Crippen LogP) is 3.14. The van der Waals surface area contributed by atoms with E-state index < -0.39 is 5.41 Å². The van der Waals surface area contributed by atoms with Gasteiger partial charge in [0.2, 0.25) is 5.91 Å². The molecule has 0 aliphatic heterocycles. The van der Waals surface area contributed by atoms with Gasteiger partial charge in [0.25, 0.3) is 5.56 Å². The van der Waals surface area contributed by atoms with Crippen molar-refractivity contribution in [3.63, 3.8) is 0 Å². The molecule has 1 saturated carbocycles. The van der Waals surface area contributed by atoms with Crippen LogP contribution in [-0.2, 0) is 16.1 Å². The molecule has 1 N–H and O–H groups in total. The first-order chi connectivity index (χ1) is 16.4. The maximum atomic E-state index is 13.4. The van der Waals surface area contributed by atoms with Gasteiger partial charge in [0.15, 0.2) is 5.78 Å². The molecule has 1 fully saturated rings. The summed E-state index contributed by atoms with van der Waals surface area (Å²) in [5.41, 5.74) is 1.13. The van der Waals surface area contributed by atoms with Gasteiger partial charge in [-0.05, 0) is 42.0 Å². The lowest BCUT2D eigenvalue weighted by Crippen LogP contribution is -2.46. The van der Waals surface area contributed by atoms with E-state index in [-0.39, 0.29) is 29.8 Å². The van der Waals surface area contributed by atoms with Crippen molar-refractivity contribution in [1.82, 2.24) is 9.88 Å². The molecule has 1 aliphatic carbocycles. The van der Waals surface area contributed by atoms with Crippen molar-refractivity contribution in [2.24, 2.45) is 17.3 Å². The first-order valence-corrected chi connectivity index (χ1v) is 13.2. The quantitative estimate of drug-likeness (QED) is 0.666. The van der Waals surface area contributed by atoms with Crippen molar-refractivity contribution in [1.29, 1.82) is 0 Å². The maximum absolute atomic E-state index is 13.4. The zero-order valence-corrected chi connectivity index (χ0v) is 22.9. The summed E-state index contributed by atoms with van der Waals surface area (Å²) in [6.07, 6.45) is 6.57. The highest BCUT2D eigenvalue weighted by atomic mass is 32.1. The maximum Gasteiger partial charge on any atom is 0.269 e. The van der Waals surface area contributed by atoms with Crippen molar-refractivity contribution < 1.29 is 9.59 Å². The second-order valence-electron chi connectivity index (χ2n) is 11.0. The van der Waals surface area contributed by atoms with E-state index in [1.54, 1.807) is 0 Å². The molecule has 0 saturated heterocycles. The van der Waals surface area contributed by atoms with E-state index in [0.717, 1.165) is 24.1 Å². The number of hydrogen-bond donors (Lipinski definition) is 1. The minimum Gasteiger partial charge on any atom is -0.378 e. The second-order valence-corrected chi connectivity index (χ2v) is 12.1. The molecule has 1 heterocycles. The smallest absolute Gasteiger partial charge is 0.269 e. The van der Waals surface area contributed by atoms with Crippen LogP contribution in [0.5, 0.6) is 0 Å². The summed E-state index contributed by atoms with van der Waals surface area (Å²) >= 11 is 1.25. The molecule has 0 bridgehead atoms. The minimum absolute atomic E-state index is 0.0791. The Labute approximate surface area is 212 Å². The lowest BCUT2D eigenvalue weighted by molar-refractivity contribution is -0.123. The zero-order chi connectivity index (χ0) is 25.9. The molecule has 35 heavy (non-hydrogen) atoms. The number of nitrogens with zero attached hydrogens (tertiary/aromatic N) is 2. The number of aromatic nitrogens is 1. The summed E-state index contributed by atoms with van der Waals surface area (Å²) in [5.74, 6) is 0.695. The molecule has 6 nitrogen and oxygen atoms in total. The van der Waals surface area contributed by atoms with Crippen molar-refractivity contribution in [3.05, 3.63) is 49.4 Å². The van der Waals surface area contributed by atoms with Gasteiger partial charge < -0.3 is 10.2 Å². The van der Waals surface area contributed by atoms with Crippen molar-refractivity contribution in [2.45, 2.75) is 66.5 Å². The third-order valence-electron chi connectivity index (χ3n) is 6.99. The van der Waals surface area contributed by atoms with Crippen LogP contribution in [0.1, 0.15) is 59.4 Å². The Morgan fingerprint density at radius 1 is 1.14 bits per heavy atom. The predicted molar refractivity (Wildman–Crippen MR) is 145 cm³/mol. The van der Waals surface area contributed by atoms with Crippen LogP contribution < -0.4 is 25.0 Å². The molecule has 1 aromatic heterocycles. The summed E-state index contributed by atoms with van der Waals surface area (Å²) in [6.45, 7) is 9.86. The van der Waals surface area contributed by atoms with Gasteiger partial charge in [0, 0.05) is 37.3 Å². The highest BCUT2D eigenvalue weighted by molar-refractivity contribution is 7.07. The number of hydrogen-bond acceptors (Lipinski definition) is 5. The van der Waals surface area contributed by atoms with Gasteiger partial charge >= 0.3 is 0 Å². The number of Topliss-reactive ketones (excluding diaryl/α,β-unsaturated/α-hetero) is 1. The summed E-state index contributed by atoms with van der Waals surface area (Å²) in [6, 6.07) is 8.02. The first-order valence-electron chi connectivity index (χ1n) is 12.4. The molecule has 0 radical (unpaired) electrons. The molecule has 0 unspecified atom stereocenters. The van der Waals surface area contributed by atoms with Crippen LogP contribution in [0.15, 0.2) is 29.1 Å². The number of benzene rings is 1. The molecule has 2 aromatic rings. The number of rotatable bonds is 6. The average Bonchev–Trinajstić information content (AvgIpc) is 3.05. The number of thiazole rings is 1. The Kier molecular flexibility index (Phi) is 8.42. The van der Waals surface area contributed by atoms with E-state index in [0.29, 0.717) is 21.0 Å². The Morgan fingerprint density at radius 3 is 2.40 bits per heavy atom. The van der Waals surface area contributed by atoms with Crippen LogP contribution in [0.3, 0.4) is 0 Å². The summed E-state index contributed by atoms with van der Waals surface area (Å²) in [5, 5.41) is 3.15. The van der Waals surface area contributed by atoms with Gasteiger partial charge in [0.05, 0.1) is 4.53 Å². The highest BCUT2D eigenvalue weighted by Crippen LogP contribution is 2.29. The third-order valence-corrected chi connectivity index (χ3v) is 8.05. The van der Waals surface area contributed by atoms with E-state index in [2.05, 4.69) is 19.2 Å². The fraction of sp³-hybridized carbons (Fsp3) is 0.536. The normalized spacial score (nSPS) is 21.7. The number of nitrogens with one attached hydrogen (secondary N) is 1. The van der Waals surface area contributed by atoms with Crippen molar-refractivity contribution in [3.8, 4) is 0 Å². The molecular weight excluding hydrogens is 458 g/mol.